The molecule has 218 valence electrons. The zero-order chi connectivity index (χ0) is 30.1. The summed E-state index contributed by atoms with van der Waals surface area (Å²) in [5.41, 5.74) is 3.29. The highest BCUT2D eigenvalue weighted by Crippen LogP contribution is 2.29. The van der Waals surface area contributed by atoms with Crippen LogP contribution in [0.5, 0.6) is 0 Å². The summed E-state index contributed by atoms with van der Waals surface area (Å²) < 4.78 is 4.91. The van der Waals surface area contributed by atoms with Gasteiger partial charge in [0.25, 0.3) is 5.91 Å². The Hall–Kier alpha value is -3.43. The molecule has 4 rings (SSSR count). The molecule has 0 spiro atoms. The molecular formula is C30H36Cl2N6O3. The van der Waals surface area contributed by atoms with Crippen LogP contribution in [0.4, 0.5) is 11.6 Å². The molecule has 11 heteroatoms. The second-order valence-corrected chi connectivity index (χ2v) is 12.0. The topological polar surface area (TPSA) is 101 Å². The number of benzene rings is 1. The van der Waals surface area contributed by atoms with E-state index in [1.54, 1.807) is 19.1 Å². The van der Waals surface area contributed by atoms with Crippen molar-refractivity contribution in [1.29, 1.82) is 0 Å². The first-order valence-corrected chi connectivity index (χ1v) is 14.3. The molecule has 1 saturated heterocycles. The summed E-state index contributed by atoms with van der Waals surface area (Å²) >= 11 is 12.4. The highest BCUT2D eigenvalue weighted by atomic mass is 35.5. The van der Waals surface area contributed by atoms with Crippen LogP contribution in [0.15, 0.2) is 30.5 Å². The van der Waals surface area contributed by atoms with E-state index < -0.39 is 11.5 Å². The summed E-state index contributed by atoms with van der Waals surface area (Å²) in [6.45, 7) is 13.9. The molecule has 9 nitrogen and oxygen atoms in total. The number of methoxy groups -OCH3 is 1. The lowest BCUT2D eigenvalue weighted by atomic mass is 9.97. The zero-order valence-electron chi connectivity index (χ0n) is 24.5. The van der Waals surface area contributed by atoms with Crippen LogP contribution in [-0.2, 0) is 11.3 Å². The van der Waals surface area contributed by atoms with Crippen LogP contribution < -0.4 is 10.2 Å². The van der Waals surface area contributed by atoms with Gasteiger partial charge in [0, 0.05) is 36.2 Å². The molecule has 1 fully saturated rings. The maximum absolute atomic E-state index is 13.7. The van der Waals surface area contributed by atoms with Gasteiger partial charge in [0.05, 0.1) is 35.8 Å². The lowest BCUT2D eigenvalue weighted by Gasteiger charge is -2.47. The van der Waals surface area contributed by atoms with E-state index in [1.807, 2.05) is 51.7 Å². The minimum Gasteiger partial charge on any atom is -0.465 e. The summed E-state index contributed by atoms with van der Waals surface area (Å²) in [5.74, 6) is 0.850. The molecule has 3 aromatic rings. The summed E-state index contributed by atoms with van der Waals surface area (Å²) in [5, 5.41) is 4.45. The van der Waals surface area contributed by atoms with Gasteiger partial charge in [0.1, 0.15) is 17.3 Å². The number of pyridine rings is 1. The third-order valence-electron chi connectivity index (χ3n) is 7.27. The number of carbonyl (C=O) groups excluding carboxylic acids is 2. The van der Waals surface area contributed by atoms with Crippen LogP contribution in [-0.4, -0.2) is 64.0 Å². The van der Waals surface area contributed by atoms with Crippen molar-refractivity contribution >= 4 is 46.7 Å². The third-order valence-corrected chi connectivity index (χ3v) is 7.86. The Morgan fingerprint density at radius 1 is 1.12 bits per heavy atom. The Morgan fingerprint density at radius 2 is 1.85 bits per heavy atom. The van der Waals surface area contributed by atoms with Crippen LogP contribution in [0.1, 0.15) is 77.0 Å². The molecule has 0 aliphatic carbocycles. The van der Waals surface area contributed by atoms with Gasteiger partial charge in [-0.3, -0.25) is 4.79 Å². The quantitative estimate of drug-likeness (QED) is 0.328. The van der Waals surface area contributed by atoms with E-state index in [4.69, 9.17) is 32.9 Å². The lowest BCUT2D eigenvalue weighted by molar-refractivity contribution is 0.0505. The van der Waals surface area contributed by atoms with Gasteiger partial charge in [-0.15, -0.1) is 0 Å². The van der Waals surface area contributed by atoms with Crippen LogP contribution >= 0.6 is 23.2 Å². The average molecular weight is 600 g/mol. The van der Waals surface area contributed by atoms with Crippen LogP contribution in [0.2, 0.25) is 10.0 Å². The van der Waals surface area contributed by atoms with Gasteiger partial charge in [-0.1, -0.05) is 43.1 Å². The largest absolute Gasteiger partial charge is 0.465 e. The van der Waals surface area contributed by atoms with E-state index in [2.05, 4.69) is 20.2 Å². The summed E-state index contributed by atoms with van der Waals surface area (Å²) in [6, 6.07) is 7.26. The molecule has 0 bridgehead atoms. The molecule has 1 N–H and O–H groups in total. The van der Waals surface area contributed by atoms with E-state index >= 15 is 0 Å². The molecule has 41 heavy (non-hydrogen) atoms. The predicted octanol–water partition coefficient (Wildman–Crippen LogP) is 6.06. The van der Waals surface area contributed by atoms with Crippen molar-refractivity contribution in [3.8, 4) is 0 Å². The number of rotatable bonds is 7. The highest BCUT2D eigenvalue weighted by molar-refractivity contribution is 6.35. The summed E-state index contributed by atoms with van der Waals surface area (Å²) in [7, 11) is 1.36. The molecule has 1 amide bonds. The Kier molecular flexibility index (Phi) is 9.09. The van der Waals surface area contributed by atoms with E-state index in [1.165, 1.54) is 13.3 Å². The van der Waals surface area contributed by atoms with E-state index in [-0.39, 0.29) is 11.8 Å². The second kappa shape index (κ2) is 12.2. The van der Waals surface area contributed by atoms with Gasteiger partial charge in [-0.05, 0) is 62.9 Å². The highest BCUT2D eigenvalue weighted by Gasteiger charge is 2.38. The van der Waals surface area contributed by atoms with Crippen molar-refractivity contribution < 1.29 is 14.3 Å². The predicted molar refractivity (Wildman–Crippen MR) is 162 cm³/mol. The number of hydrogen-bond acceptors (Lipinski definition) is 8. The SMILES string of the molecule is COC(=O)c1c(C)cc(N2CCN(C(=O)c3cnc(NCc4ccc(Cl)cc4Cl)c(C(C)C)n3)C(C)(C)C2)nc1C. The fourth-order valence-corrected chi connectivity index (χ4v) is 5.61. The minimum atomic E-state index is -0.512. The minimum absolute atomic E-state index is 0.0359. The van der Waals surface area contributed by atoms with Gasteiger partial charge in [-0.2, -0.15) is 0 Å². The average Bonchev–Trinajstić information content (AvgIpc) is 2.91. The summed E-state index contributed by atoms with van der Waals surface area (Å²) in [6.07, 6.45) is 1.53. The van der Waals surface area contributed by atoms with Crippen LogP contribution in [0.25, 0.3) is 0 Å². The number of aryl methyl sites for hydroxylation is 2. The number of anilines is 2. The zero-order valence-corrected chi connectivity index (χ0v) is 26.0. The van der Waals surface area contributed by atoms with Gasteiger partial charge < -0.3 is 19.9 Å². The molecule has 2 aromatic heterocycles. The molecule has 1 aliphatic heterocycles. The monoisotopic (exact) mass is 598 g/mol. The third kappa shape index (κ3) is 6.57. The van der Waals surface area contributed by atoms with Crippen molar-refractivity contribution in [1.82, 2.24) is 19.9 Å². The number of piperazine rings is 1. The normalized spacial score (nSPS) is 14.8. The molecule has 0 atom stereocenters. The van der Waals surface area contributed by atoms with Crippen LogP contribution in [0, 0.1) is 13.8 Å². The Labute approximate surface area is 251 Å². The van der Waals surface area contributed by atoms with Crippen molar-refractivity contribution in [3.05, 3.63) is 74.3 Å². The molecule has 0 saturated carbocycles. The van der Waals surface area contributed by atoms with Crippen molar-refractivity contribution in [2.24, 2.45) is 0 Å². The molecule has 0 radical (unpaired) electrons. The molecule has 1 aromatic carbocycles. The smallest absolute Gasteiger partial charge is 0.339 e. The van der Waals surface area contributed by atoms with Gasteiger partial charge in [-0.25, -0.2) is 19.7 Å². The molecule has 0 unspecified atom stereocenters. The second-order valence-electron chi connectivity index (χ2n) is 11.2. The molecule has 3 heterocycles. The lowest BCUT2D eigenvalue weighted by Crippen LogP contribution is -2.61. The Balaban J connectivity index is 1.52. The number of halogens is 2. The number of ether oxygens (including phenoxy) is 1. The first kappa shape index (κ1) is 30.5. The number of hydrogen-bond donors (Lipinski definition) is 1. The van der Waals surface area contributed by atoms with Gasteiger partial charge >= 0.3 is 5.97 Å². The first-order chi connectivity index (χ1) is 19.3. The Bertz CT molecular complexity index is 1450. The fraction of sp³-hybridized carbons (Fsp3) is 0.433. The Morgan fingerprint density at radius 3 is 2.46 bits per heavy atom. The maximum Gasteiger partial charge on any atom is 0.339 e. The van der Waals surface area contributed by atoms with Crippen molar-refractivity contribution in [3.63, 3.8) is 0 Å². The fourth-order valence-electron chi connectivity index (χ4n) is 5.14. The molecule has 1 aliphatic rings. The van der Waals surface area contributed by atoms with E-state index in [0.717, 1.165) is 16.9 Å². The number of amides is 1. The number of esters is 1. The van der Waals surface area contributed by atoms with Crippen molar-refractivity contribution in [2.75, 3.05) is 37.0 Å². The van der Waals surface area contributed by atoms with Gasteiger partial charge in [0.2, 0.25) is 0 Å². The van der Waals surface area contributed by atoms with E-state index in [0.29, 0.717) is 64.7 Å². The number of nitrogens with zero attached hydrogens (tertiary/aromatic N) is 5. The number of nitrogens with one attached hydrogen (secondary N) is 1. The molecular weight excluding hydrogens is 563 g/mol. The standard InChI is InChI=1S/C30H36Cl2N6O3/c1-17(2)26-27(33-14-20-8-9-21(31)13-22(20)32)34-15-23(36-26)28(39)38-11-10-37(16-30(38,5)6)24-12-18(3)25(19(4)35-24)29(40)41-7/h8-9,12-13,15,17H,10-11,14,16H2,1-7H3,(H,33,34). The first-order valence-electron chi connectivity index (χ1n) is 13.5. The maximum atomic E-state index is 13.7. The van der Waals surface area contributed by atoms with Crippen molar-refractivity contribution in [2.45, 2.75) is 59.5 Å². The summed E-state index contributed by atoms with van der Waals surface area (Å²) in [4.78, 5) is 43.9. The number of aromatic nitrogens is 3. The van der Waals surface area contributed by atoms with Gasteiger partial charge in [0.15, 0.2) is 0 Å². The van der Waals surface area contributed by atoms with E-state index in [9.17, 15) is 9.59 Å². The van der Waals surface area contributed by atoms with Crippen LogP contribution in [0.3, 0.4) is 0 Å². The number of carbonyl (C=O) groups is 2.